The van der Waals surface area contributed by atoms with Gasteiger partial charge in [0.2, 0.25) is 0 Å². The van der Waals surface area contributed by atoms with Gasteiger partial charge < -0.3 is 5.32 Å². The second-order valence-electron chi connectivity index (χ2n) is 6.73. The quantitative estimate of drug-likeness (QED) is 0.826. The van der Waals surface area contributed by atoms with Gasteiger partial charge in [-0.05, 0) is 74.0 Å². The maximum absolute atomic E-state index is 13.5. The van der Waals surface area contributed by atoms with Gasteiger partial charge in [0.1, 0.15) is 5.82 Å². The second kappa shape index (κ2) is 4.37. The van der Waals surface area contributed by atoms with Crippen molar-refractivity contribution in [1.82, 2.24) is 0 Å². The summed E-state index contributed by atoms with van der Waals surface area (Å²) >= 11 is 5.74. The molecule has 0 unspecified atom stereocenters. The van der Waals surface area contributed by atoms with Crippen LogP contribution < -0.4 is 5.32 Å². The number of hydrogen-bond acceptors (Lipinski definition) is 1. The monoisotopic (exact) mass is 279 g/mol. The average molecular weight is 280 g/mol. The fourth-order valence-electron chi connectivity index (χ4n) is 4.94. The Labute approximate surface area is 118 Å². The number of benzene rings is 1. The standard InChI is InChI=1S/C16H19ClFN/c17-14-2-1-13(8-15(14)18)19-16-11-4-9-3-10(6-11)7-12(16)5-9/h1-2,8-12,16,19H,3-7H2. The van der Waals surface area contributed by atoms with Crippen molar-refractivity contribution in [3.05, 3.63) is 29.0 Å². The largest absolute Gasteiger partial charge is 0.382 e. The molecule has 0 radical (unpaired) electrons. The van der Waals surface area contributed by atoms with Crippen molar-refractivity contribution in [2.24, 2.45) is 23.7 Å². The van der Waals surface area contributed by atoms with Crippen LogP contribution in [0, 0.1) is 29.5 Å². The molecule has 1 aromatic carbocycles. The minimum absolute atomic E-state index is 0.204. The molecule has 4 bridgehead atoms. The van der Waals surface area contributed by atoms with Crippen LogP contribution in [0.4, 0.5) is 10.1 Å². The highest BCUT2D eigenvalue weighted by Crippen LogP contribution is 2.54. The van der Waals surface area contributed by atoms with Crippen molar-refractivity contribution in [2.45, 2.75) is 38.1 Å². The highest BCUT2D eigenvalue weighted by Gasteiger charge is 2.48. The van der Waals surface area contributed by atoms with Crippen molar-refractivity contribution in [2.75, 3.05) is 5.32 Å². The summed E-state index contributed by atoms with van der Waals surface area (Å²) in [6.07, 6.45) is 6.97. The minimum Gasteiger partial charge on any atom is -0.382 e. The van der Waals surface area contributed by atoms with Crippen molar-refractivity contribution < 1.29 is 4.39 Å². The Morgan fingerprint density at radius 1 is 1.00 bits per heavy atom. The van der Waals surface area contributed by atoms with E-state index in [4.69, 9.17) is 11.6 Å². The van der Waals surface area contributed by atoms with Crippen LogP contribution in [0.5, 0.6) is 0 Å². The zero-order valence-corrected chi connectivity index (χ0v) is 11.7. The molecule has 3 heteroatoms. The molecule has 0 atom stereocenters. The van der Waals surface area contributed by atoms with E-state index in [-0.39, 0.29) is 10.8 Å². The fraction of sp³-hybridized carbons (Fsp3) is 0.625. The van der Waals surface area contributed by atoms with Crippen molar-refractivity contribution in [1.29, 1.82) is 0 Å². The van der Waals surface area contributed by atoms with E-state index in [1.54, 1.807) is 6.07 Å². The molecule has 0 spiro atoms. The first-order valence-electron chi connectivity index (χ1n) is 7.40. The minimum atomic E-state index is -0.324. The molecule has 19 heavy (non-hydrogen) atoms. The van der Waals surface area contributed by atoms with E-state index in [1.165, 1.54) is 38.2 Å². The lowest BCUT2D eigenvalue weighted by Crippen LogP contribution is -2.51. The van der Waals surface area contributed by atoms with Crippen LogP contribution in [0.15, 0.2) is 18.2 Å². The van der Waals surface area contributed by atoms with Crippen molar-refractivity contribution >= 4 is 17.3 Å². The van der Waals surface area contributed by atoms with E-state index in [1.807, 2.05) is 6.07 Å². The van der Waals surface area contributed by atoms with E-state index in [9.17, 15) is 4.39 Å². The topological polar surface area (TPSA) is 12.0 Å². The van der Waals surface area contributed by atoms with Gasteiger partial charge in [0, 0.05) is 11.7 Å². The Bertz CT molecular complexity index is 474. The first-order valence-corrected chi connectivity index (χ1v) is 7.78. The smallest absolute Gasteiger partial charge is 0.143 e. The predicted molar refractivity (Wildman–Crippen MR) is 75.9 cm³/mol. The molecule has 1 nitrogen and oxygen atoms in total. The third-order valence-electron chi connectivity index (χ3n) is 5.48. The predicted octanol–water partition coefficient (Wildman–Crippen LogP) is 4.72. The molecule has 0 aromatic heterocycles. The third kappa shape index (κ3) is 2.05. The van der Waals surface area contributed by atoms with Gasteiger partial charge in [-0.1, -0.05) is 11.6 Å². The van der Waals surface area contributed by atoms with Crippen LogP contribution in [0.1, 0.15) is 32.1 Å². The average Bonchev–Trinajstić information content (AvgIpc) is 2.37. The Balaban J connectivity index is 1.55. The van der Waals surface area contributed by atoms with Gasteiger partial charge in [-0.15, -0.1) is 0 Å². The molecule has 4 aliphatic carbocycles. The normalized spacial score (nSPS) is 39.6. The van der Waals surface area contributed by atoms with Crippen LogP contribution in [0.3, 0.4) is 0 Å². The molecule has 5 rings (SSSR count). The highest BCUT2D eigenvalue weighted by atomic mass is 35.5. The third-order valence-corrected chi connectivity index (χ3v) is 5.79. The first kappa shape index (κ1) is 12.0. The summed E-state index contributed by atoms with van der Waals surface area (Å²) in [5.74, 6) is 3.23. The molecule has 1 aromatic rings. The molecular weight excluding hydrogens is 261 g/mol. The molecule has 0 amide bonds. The lowest BCUT2D eigenvalue weighted by atomic mass is 9.54. The molecule has 1 N–H and O–H groups in total. The Morgan fingerprint density at radius 2 is 1.63 bits per heavy atom. The Hall–Kier alpha value is -0.760. The van der Waals surface area contributed by atoms with Crippen molar-refractivity contribution in [3.63, 3.8) is 0 Å². The molecule has 4 aliphatic rings. The summed E-state index contributed by atoms with van der Waals surface area (Å²) in [6, 6.07) is 5.63. The number of anilines is 1. The SMILES string of the molecule is Fc1cc(NC2C3CC4CC(C3)CC2C4)ccc1Cl. The van der Waals surface area contributed by atoms with Crippen LogP contribution in [0.25, 0.3) is 0 Å². The van der Waals surface area contributed by atoms with E-state index in [2.05, 4.69) is 5.32 Å². The van der Waals surface area contributed by atoms with Crippen molar-refractivity contribution in [3.8, 4) is 0 Å². The number of hydrogen-bond donors (Lipinski definition) is 1. The summed E-state index contributed by atoms with van der Waals surface area (Å²) < 4.78 is 13.5. The van der Waals surface area contributed by atoms with Crippen LogP contribution >= 0.6 is 11.6 Å². The molecule has 102 valence electrons. The lowest BCUT2D eigenvalue weighted by Gasteiger charge is -2.54. The van der Waals surface area contributed by atoms with E-state index in [0.29, 0.717) is 6.04 Å². The van der Waals surface area contributed by atoms with Gasteiger partial charge >= 0.3 is 0 Å². The van der Waals surface area contributed by atoms with Crippen LogP contribution in [-0.4, -0.2) is 6.04 Å². The number of nitrogens with one attached hydrogen (secondary N) is 1. The Kier molecular flexibility index (Phi) is 2.77. The molecule has 4 saturated carbocycles. The zero-order valence-electron chi connectivity index (χ0n) is 10.9. The van der Waals surface area contributed by atoms with Crippen LogP contribution in [0.2, 0.25) is 5.02 Å². The summed E-state index contributed by atoms with van der Waals surface area (Å²) in [4.78, 5) is 0. The lowest BCUT2D eigenvalue weighted by molar-refractivity contribution is 0.00753. The van der Waals surface area contributed by atoms with Gasteiger partial charge in [0.05, 0.1) is 5.02 Å². The Morgan fingerprint density at radius 3 is 2.21 bits per heavy atom. The summed E-state index contributed by atoms with van der Waals surface area (Å²) in [7, 11) is 0. The van der Waals surface area contributed by atoms with Gasteiger partial charge in [-0.25, -0.2) is 4.39 Å². The molecule has 0 aliphatic heterocycles. The fourth-order valence-corrected chi connectivity index (χ4v) is 5.06. The van der Waals surface area contributed by atoms with E-state index >= 15 is 0 Å². The molecule has 4 fully saturated rings. The summed E-state index contributed by atoms with van der Waals surface area (Å²) in [5, 5.41) is 3.80. The first-order chi connectivity index (χ1) is 9.19. The van der Waals surface area contributed by atoms with E-state index in [0.717, 1.165) is 29.4 Å². The van der Waals surface area contributed by atoms with Crippen LogP contribution in [-0.2, 0) is 0 Å². The molecular formula is C16H19ClFN. The second-order valence-corrected chi connectivity index (χ2v) is 7.14. The summed E-state index contributed by atoms with van der Waals surface area (Å²) in [6.45, 7) is 0. The maximum Gasteiger partial charge on any atom is 0.143 e. The zero-order chi connectivity index (χ0) is 13.0. The summed E-state index contributed by atoms with van der Waals surface area (Å²) in [5.41, 5.74) is 0.888. The molecule has 0 heterocycles. The number of halogens is 2. The van der Waals surface area contributed by atoms with Gasteiger partial charge in [-0.3, -0.25) is 0 Å². The van der Waals surface area contributed by atoms with Gasteiger partial charge in [0.15, 0.2) is 0 Å². The highest BCUT2D eigenvalue weighted by molar-refractivity contribution is 6.30. The number of rotatable bonds is 2. The maximum atomic E-state index is 13.5. The van der Waals surface area contributed by atoms with E-state index < -0.39 is 0 Å². The van der Waals surface area contributed by atoms with Gasteiger partial charge in [0.25, 0.3) is 0 Å². The molecule has 0 saturated heterocycles. The van der Waals surface area contributed by atoms with Gasteiger partial charge in [-0.2, -0.15) is 0 Å².